The molecular formula is C11H18O5. The van der Waals surface area contributed by atoms with Crippen LogP contribution in [-0.4, -0.2) is 58.1 Å². The summed E-state index contributed by atoms with van der Waals surface area (Å²) in [5.41, 5.74) is 0. The van der Waals surface area contributed by atoms with E-state index in [-0.39, 0.29) is 24.4 Å². The third-order valence-electron chi connectivity index (χ3n) is 3.01. The van der Waals surface area contributed by atoms with E-state index in [0.717, 1.165) is 0 Å². The van der Waals surface area contributed by atoms with Crippen LogP contribution < -0.4 is 0 Å². The zero-order valence-corrected chi connectivity index (χ0v) is 9.63. The average molecular weight is 230 g/mol. The van der Waals surface area contributed by atoms with Crippen LogP contribution in [0.3, 0.4) is 0 Å². The summed E-state index contributed by atoms with van der Waals surface area (Å²) in [6.07, 6.45) is 0.746. The third kappa shape index (κ3) is 2.14. The van der Waals surface area contributed by atoms with Gasteiger partial charge < -0.3 is 23.7 Å². The van der Waals surface area contributed by atoms with Crippen molar-refractivity contribution < 1.29 is 23.7 Å². The predicted octanol–water partition coefficient (Wildman–Crippen LogP) is 0.343. The van der Waals surface area contributed by atoms with Gasteiger partial charge in [-0.1, -0.05) is 6.58 Å². The second-order valence-electron chi connectivity index (χ2n) is 3.88. The molecule has 0 aromatic rings. The molecule has 0 aromatic carbocycles. The minimum Gasteiger partial charge on any atom is -0.376 e. The first kappa shape index (κ1) is 12.0. The fourth-order valence-corrected chi connectivity index (χ4v) is 2.13. The molecule has 2 rings (SSSR count). The van der Waals surface area contributed by atoms with Crippen molar-refractivity contribution in [2.75, 3.05) is 27.4 Å². The van der Waals surface area contributed by atoms with E-state index >= 15 is 0 Å². The lowest BCUT2D eigenvalue weighted by Crippen LogP contribution is -2.60. The van der Waals surface area contributed by atoms with Crippen LogP contribution in [0.2, 0.25) is 0 Å². The molecule has 0 amide bonds. The lowest BCUT2D eigenvalue weighted by atomic mass is 9.99. The van der Waals surface area contributed by atoms with E-state index < -0.39 is 6.29 Å². The highest BCUT2D eigenvalue weighted by Crippen LogP contribution is 2.27. The topological polar surface area (TPSA) is 46.2 Å². The Morgan fingerprint density at radius 3 is 2.62 bits per heavy atom. The number of rotatable bonds is 3. The summed E-state index contributed by atoms with van der Waals surface area (Å²) >= 11 is 0. The van der Waals surface area contributed by atoms with Gasteiger partial charge in [0.05, 0.1) is 13.2 Å². The van der Waals surface area contributed by atoms with Gasteiger partial charge in [-0.25, -0.2) is 0 Å². The smallest absolute Gasteiger partial charge is 0.177 e. The number of hydrogen-bond donors (Lipinski definition) is 0. The molecule has 2 saturated heterocycles. The van der Waals surface area contributed by atoms with E-state index in [9.17, 15) is 0 Å². The molecule has 2 aliphatic heterocycles. The Hall–Kier alpha value is -0.460. The van der Waals surface area contributed by atoms with E-state index in [1.54, 1.807) is 20.3 Å². The molecule has 2 aliphatic rings. The Labute approximate surface area is 95.3 Å². The normalized spacial score (nSPS) is 43.8. The quantitative estimate of drug-likeness (QED) is 0.654. The van der Waals surface area contributed by atoms with E-state index in [0.29, 0.717) is 13.2 Å². The second-order valence-corrected chi connectivity index (χ2v) is 3.88. The average Bonchev–Trinajstić information content (AvgIpc) is 2.36. The lowest BCUT2D eigenvalue weighted by Gasteiger charge is -2.44. The van der Waals surface area contributed by atoms with Gasteiger partial charge in [0.25, 0.3) is 0 Å². The summed E-state index contributed by atoms with van der Waals surface area (Å²) in [6.45, 7) is 4.65. The lowest BCUT2D eigenvalue weighted by molar-refractivity contribution is -0.302. The van der Waals surface area contributed by atoms with Gasteiger partial charge in [-0.15, -0.1) is 0 Å². The summed E-state index contributed by atoms with van der Waals surface area (Å²) in [4.78, 5) is 0. The number of hydrogen-bond acceptors (Lipinski definition) is 5. The molecule has 0 aliphatic carbocycles. The summed E-state index contributed by atoms with van der Waals surface area (Å²) in [7, 11) is 3.30. The van der Waals surface area contributed by atoms with Crippen molar-refractivity contribution in [1.29, 1.82) is 0 Å². The molecule has 5 atom stereocenters. The van der Waals surface area contributed by atoms with Crippen molar-refractivity contribution in [2.24, 2.45) is 0 Å². The molecule has 0 spiro atoms. The summed E-state index contributed by atoms with van der Waals surface area (Å²) < 4.78 is 27.5. The molecule has 2 heterocycles. The highest BCUT2D eigenvalue weighted by molar-refractivity contribution is 4.93. The van der Waals surface area contributed by atoms with Crippen LogP contribution in [0.15, 0.2) is 12.7 Å². The van der Waals surface area contributed by atoms with Crippen LogP contribution in [0.4, 0.5) is 0 Å². The molecule has 5 nitrogen and oxygen atoms in total. The van der Waals surface area contributed by atoms with Crippen molar-refractivity contribution in [2.45, 2.75) is 30.7 Å². The third-order valence-corrected chi connectivity index (χ3v) is 3.01. The Bertz CT molecular complexity index is 245. The maximum absolute atomic E-state index is 5.70. The minimum absolute atomic E-state index is 0.0902. The fourth-order valence-electron chi connectivity index (χ4n) is 2.13. The van der Waals surface area contributed by atoms with Gasteiger partial charge >= 0.3 is 0 Å². The molecule has 16 heavy (non-hydrogen) atoms. The van der Waals surface area contributed by atoms with Gasteiger partial charge in [0.1, 0.15) is 24.4 Å². The molecule has 92 valence electrons. The van der Waals surface area contributed by atoms with Crippen LogP contribution in [0.1, 0.15) is 0 Å². The van der Waals surface area contributed by atoms with Crippen LogP contribution >= 0.6 is 0 Å². The zero-order valence-electron chi connectivity index (χ0n) is 9.63. The molecule has 0 bridgehead atoms. The summed E-state index contributed by atoms with van der Waals surface area (Å²) in [5, 5.41) is 0. The maximum Gasteiger partial charge on any atom is 0.177 e. The minimum atomic E-state index is -0.391. The van der Waals surface area contributed by atoms with Crippen LogP contribution in [-0.2, 0) is 23.7 Å². The molecule has 0 unspecified atom stereocenters. The van der Waals surface area contributed by atoms with Gasteiger partial charge in [-0.2, -0.15) is 0 Å². The molecule has 2 fully saturated rings. The Morgan fingerprint density at radius 1 is 1.19 bits per heavy atom. The first-order valence-corrected chi connectivity index (χ1v) is 5.37. The number of fused-ring (bicyclic) bond motifs is 1. The highest BCUT2D eigenvalue weighted by Gasteiger charge is 2.45. The molecule has 0 radical (unpaired) electrons. The molecule has 5 heteroatoms. The molecule has 0 saturated carbocycles. The van der Waals surface area contributed by atoms with Gasteiger partial charge in [0.15, 0.2) is 6.29 Å². The molecular weight excluding hydrogens is 212 g/mol. The van der Waals surface area contributed by atoms with Crippen molar-refractivity contribution in [1.82, 2.24) is 0 Å². The molecule has 0 N–H and O–H groups in total. The van der Waals surface area contributed by atoms with Crippen LogP contribution in [0.25, 0.3) is 0 Å². The summed E-state index contributed by atoms with van der Waals surface area (Å²) in [6, 6.07) is 0. The second kappa shape index (κ2) is 5.25. The predicted molar refractivity (Wildman–Crippen MR) is 56.1 cm³/mol. The van der Waals surface area contributed by atoms with E-state index in [4.69, 9.17) is 23.7 Å². The van der Waals surface area contributed by atoms with Gasteiger partial charge in [0, 0.05) is 14.2 Å². The number of methoxy groups -OCH3 is 2. The van der Waals surface area contributed by atoms with Crippen molar-refractivity contribution in [3.05, 3.63) is 12.7 Å². The van der Waals surface area contributed by atoms with Crippen LogP contribution in [0, 0.1) is 0 Å². The van der Waals surface area contributed by atoms with Gasteiger partial charge in [0.2, 0.25) is 0 Å². The molecule has 0 aromatic heterocycles. The summed E-state index contributed by atoms with van der Waals surface area (Å²) in [5.74, 6) is 0. The number of ether oxygens (including phenoxy) is 5. The first-order valence-electron chi connectivity index (χ1n) is 5.37. The Kier molecular flexibility index (Phi) is 3.94. The monoisotopic (exact) mass is 230 g/mol. The van der Waals surface area contributed by atoms with Gasteiger partial charge in [-0.05, 0) is 6.08 Å². The maximum atomic E-state index is 5.70. The highest BCUT2D eigenvalue weighted by atomic mass is 16.7. The van der Waals surface area contributed by atoms with Gasteiger partial charge in [-0.3, -0.25) is 0 Å². The fraction of sp³-hybridized carbons (Fsp3) is 0.818. The van der Waals surface area contributed by atoms with Crippen molar-refractivity contribution in [3.63, 3.8) is 0 Å². The van der Waals surface area contributed by atoms with Crippen molar-refractivity contribution in [3.8, 4) is 0 Å². The van der Waals surface area contributed by atoms with Crippen molar-refractivity contribution >= 4 is 0 Å². The SMILES string of the molecule is C=C[C@@H]1OC[C@H]2OC[C@H](OC)[C@@H](OC)[C@@H]2O1. The van der Waals surface area contributed by atoms with E-state index in [1.807, 2.05) is 0 Å². The Balaban J connectivity index is 2.07. The first-order chi connectivity index (χ1) is 7.80. The van der Waals surface area contributed by atoms with E-state index in [1.165, 1.54) is 0 Å². The van der Waals surface area contributed by atoms with E-state index in [2.05, 4.69) is 6.58 Å². The standard InChI is InChI=1S/C11H18O5/c1-4-9-15-6-8-11(16-9)10(13-3)7(12-2)5-14-8/h4,7-11H,1,5-6H2,2-3H3/t7-,8+,9+,10+,11+/m0/s1. The van der Waals surface area contributed by atoms with Crippen LogP contribution in [0.5, 0.6) is 0 Å². The Morgan fingerprint density at radius 2 is 2.00 bits per heavy atom. The largest absolute Gasteiger partial charge is 0.376 e. The zero-order chi connectivity index (χ0) is 11.5.